The number of rotatable bonds is 6. The van der Waals surface area contributed by atoms with Gasteiger partial charge in [0.25, 0.3) is 0 Å². The summed E-state index contributed by atoms with van der Waals surface area (Å²) in [5.41, 5.74) is 4.26. The Kier molecular flexibility index (Phi) is 5.84. The lowest BCUT2D eigenvalue weighted by molar-refractivity contribution is -0.140. The summed E-state index contributed by atoms with van der Waals surface area (Å²) in [6.45, 7) is 0. The van der Waals surface area contributed by atoms with E-state index in [1.807, 2.05) is 17.9 Å². The van der Waals surface area contributed by atoms with Gasteiger partial charge in [-0.1, -0.05) is 18.6 Å². The molecule has 0 N–H and O–H groups in total. The van der Waals surface area contributed by atoms with E-state index in [0.29, 0.717) is 12.8 Å². The summed E-state index contributed by atoms with van der Waals surface area (Å²) >= 11 is 0. The number of carbonyl (C=O) groups is 1. The second-order valence-corrected chi connectivity index (χ2v) is 7.86. The number of fused-ring (bicyclic) bond motifs is 1. The number of aromatic nitrogens is 2. The van der Waals surface area contributed by atoms with Crippen LogP contribution < -0.4 is 4.74 Å². The van der Waals surface area contributed by atoms with Crippen molar-refractivity contribution in [3.05, 3.63) is 48.2 Å². The van der Waals surface area contributed by atoms with Crippen molar-refractivity contribution in [3.63, 3.8) is 0 Å². The second kappa shape index (κ2) is 8.68. The Hall–Kier alpha value is -2.82. The molecule has 1 heterocycles. The molecule has 5 nitrogen and oxygen atoms in total. The summed E-state index contributed by atoms with van der Waals surface area (Å²) in [6, 6.07) is 12.6. The van der Waals surface area contributed by atoms with Gasteiger partial charge in [0.2, 0.25) is 0 Å². The quantitative estimate of drug-likeness (QED) is 0.551. The first-order valence-electron chi connectivity index (χ1n) is 10.4. The molecule has 0 bridgehead atoms. The van der Waals surface area contributed by atoms with E-state index in [4.69, 9.17) is 9.47 Å². The molecule has 0 atom stereocenters. The van der Waals surface area contributed by atoms with Crippen LogP contribution in [0.25, 0.3) is 22.0 Å². The first-order valence-corrected chi connectivity index (χ1v) is 10.4. The Morgan fingerprint density at radius 2 is 1.97 bits per heavy atom. The minimum Gasteiger partial charge on any atom is -0.490 e. The van der Waals surface area contributed by atoms with Crippen molar-refractivity contribution in [2.45, 2.75) is 51.0 Å². The molecule has 0 saturated heterocycles. The predicted octanol–water partition coefficient (Wildman–Crippen LogP) is 5.06. The van der Waals surface area contributed by atoms with E-state index in [0.717, 1.165) is 46.2 Å². The zero-order valence-electron chi connectivity index (χ0n) is 17.2. The largest absolute Gasteiger partial charge is 0.490 e. The number of benzene rings is 2. The standard InChI is InChI=1S/C24H28N2O3/c1-26-16-19-15-18(10-11-22(19)25-26)21-14-17(9-13-24(27)28-2)8-12-23(21)29-20-6-4-3-5-7-20/h8,10-12,14-16,20H,3-7,9,13H2,1-2H3. The Balaban J connectivity index is 1.68. The van der Waals surface area contributed by atoms with Gasteiger partial charge in [-0.05, 0) is 67.5 Å². The van der Waals surface area contributed by atoms with Gasteiger partial charge in [-0.15, -0.1) is 0 Å². The molecule has 1 aliphatic carbocycles. The summed E-state index contributed by atoms with van der Waals surface area (Å²) in [6.07, 6.45) is 9.34. The maximum Gasteiger partial charge on any atom is 0.305 e. The van der Waals surface area contributed by atoms with Crippen molar-refractivity contribution in [2.75, 3.05) is 7.11 Å². The Morgan fingerprint density at radius 3 is 2.76 bits per heavy atom. The van der Waals surface area contributed by atoms with Gasteiger partial charge in [-0.2, -0.15) is 5.10 Å². The van der Waals surface area contributed by atoms with E-state index in [2.05, 4.69) is 41.5 Å². The molecule has 0 amide bonds. The van der Waals surface area contributed by atoms with Crippen molar-refractivity contribution in [1.29, 1.82) is 0 Å². The fraction of sp³-hybridized carbons (Fsp3) is 0.417. The molecule has 5 heteroatoms. The molecule has 0 unspecified atom stereocenters. The highest BCUT2D eigenvalue weighted by atomic mass is 16.5. The van der Waals surface area contributed by atoms with Gasteiger partial charge in [-0.3, -0.25) is 9.48 Å². The number of nitrogens with zero attached hydrogens (tertiary/aromatic N) is 2. The van der Waals surface area contributed by atoms with E-state index in [1.165, 1.54) is 26.4 Å². The lowest BCUT2D eigenvalue weighted by atomic mass is 9.96. The van der Waals surface area contributed by atoms with Crippen LogP contribution in [0.2, 0.25) is 0 Å². The van der Waals surface area contributed by atoms with Crippen LogP contribution in [0.4, 0.5) is 0 Å². The van der Waals surface area contributed by atoms with Gasteiger partial charge in [0.15, 0.2) is 0 Å². The predicted molar refractivity (Wildman–Crippen MR) is 114 cm³/mol. The molecule has 4 rings (SSSR count). The van der Waals surface area contributed by atoms with E-state index in [9.17, 15) is 4.79 Å². The lowest BCUT2D eigenvalue weighted by Gasteiger charge is -2.24. The molecule has 1 fully saturated rings. The van der Waals surface area contributed by atoms with Crippen LogP contribution in [0.3, 0.4) is 0 Å². The Labute approximate surface area is 171 Å². The molecular weight excluding hydrogens is 364 g/mol. The number of carbonyl (C=O) groups excluding carboxylic acids is 1. The lowest BCUT2D eigenvalue weighted by Crippen LogP contribution is -2.20. The van der Waals surface area contributed by atoms with Gasteiger partial charge in [0, 0.05) is 30.6 Å². The maximum absolute atomic E-state index is 11.6. The van der Waals surface area contributed by atoms with Gasteiger partial charge >= 0.3 is 5.97 Å². The van der Waals surface area contributed by atoms with E-state index in [1.54, 1.807) is 0 Å². The zero-order chi connectivity index (χ0) is 20.2. The van der Waals surface area contributed by atoms with Gasteiger partial charge in [0.1, 0.15) is 5.75 Å². The minimum absolute atomic E-state index is 0.189. The normalized spacial score (nSPS) is 14.8. The molecule has 2 aromatic carbocycles. The van der Waals surface area contributed by atoms with Gasteiger partial charge < -0.3 is 9.47 Å². The summed E-state index contributed by atoms with van der Waals surface area (Å²) in [7, 11) is 3.36. The van der Waals surface area contributed by atoms with Crippen molar-refractivity contribution >= 4 is 16.9 Å². The monoisotopic (exact) mass is 392 g/mol. The van der Waals surface area contributed by atoms with Crippen molar-refractivity contribution < 1.29 is 14.3 Å². The van der Waals surface area contributed by atoms with E-state index >= 15 is 0 Å². The van der Waals surface area contributed by atoms with Crippen molar-refractivity contribution in [3.8, 4) is 16.9 Å². The third-order valence-electron chi connectivity index (χ3n) is 5.67. The molecular formula is C24H28N2O3. The van der Waals surface area contributed by atoms with E-state index in [-0.39, 0.29) is 12.1 Å². The van der Waals surface area contributed by atoms with Crippen LogP contribution in [-0.2, 0) is 23.0 Å². The average molecular weight is 392 g/mol. The molecule has 0 spiro atoms. The molecule has 152 valence electrons. The molecule has 29 heavy (non-hydrogen) atoms. The smallest absolute Gasteiger partial charge is 0.305 e. The van der Waals surface area contributed by atoms with Crippen LogP contribution in [-0.4, -0.2) is 29.0 Å². The Bertz CT molecular complexity index is 1000. The molecule has 1 aromatic heterocycles. The molecule has 3 aromatic rings. The van der Waals surface area contributed by atoms with Crippen molar-refractivity contribution in [2.24, 2.45) is 7.05 Å². The summed E-state index contributed by atoms with van der Waals surface area (Å²) in [4.78, 5) is 11.6. The first-order chi connectivity index (χ1) is 14.1. The molecule has 1 saturated carbocycles. The topological polar surface area (TPSA) is 53.4 Å². The number of hydrogen-bond donors (Lipinski definition) is 0. The van der Waals surface area contributed by atoms with Gasteiger partial charge in [0.05, 0.1) is 18.7 Å². The highest BCUT2D eigenvalue weighted by molar-refractivity contribution is 5.85. The number of ether oxygens (including phenoxy) is 2. The van der Waals surface area contributed by atoms with E-state index < -0.39 is 0 Å². The Morgan fingerprint density at radius 1 is 1.14 bits per heavy atom. The molecule has 0 radical (unpaired) electrons. The fourth-order valence-electron chi connectivity index (χ4n) is 4.09. The average Bonchev–Trinajstić information content (AvgIpc) is 3.12. The molecule has 1 aliphatic rings. The number of methoxy groups -OCH3 is 1. The second-order valence-electron chi connectivity index (χ2n) is 7.86. The highest BCUT2D eigenvalue weighted by Crippen LogP contribution is 2.35. The van der Waals surface area contributed by atoms with Gasteiger partial charge in [-0.25, -0.2) is 0 Å². The van der Waals surface area contributed by atoms with Crippen LogP contribution in [0.1, 0.15) is 44.1 Å². The maximum atomic E-state index is 11.6. The number of aryl methyl sites for hydroxylation is 2. The number of hydrogen-bond acceptors (Lipinski definition) is 4. The number of esters is 1. The first kappa shape index (κ1) is 19.5. The third kappa shape index (κ3) is 4.61. The molecule has 0 aliphatic heterocycles. The van der Waals surface area contributed by atoms with Crippen LogP contribution >= 0.6 is 0 Å². The van der Waals surface area contributed by atoms with Crippen LogP contribution in [0, 0.1) is 0 Å². The summed E-state index contributed by atoms with van der Waals surface area (Å²) in [5.74, 6) is 0.729. The SMILES string of the molecule is COC(=O)CCc1ccc(OC2CCCCC2)c(-c2ccc3nn(C)cc3c2)c1. The summed E-state index contributed by atoms with van der Waals surface area (Å²) in [5, 5.41) is 5.58. The highest BCUT2D eigenvalue weighted by Gasteiger charge is 2.18. The summed E-state index contributed by atoms with van der Waals surface area (Å²) < 4.78 is 13.1. The van der Waals surface area contributed by atoms with Crippen molar-refractivity contribution in [1.82, 2.24) is 9.78 Å². The van der Waals surface area contributed by atoms with Crippen LogP contribution in [0.5, 0.6) is 5.75 Å². The zero-order valence-corrected chi connectivity index (χ0v) is 17.2. The third-order valence-corrected chi connectivity index (χ3v) is 5.67. The fourth-order valence-corrected chi connectivity index (χ4v) is 4.09. The minimum atomic E-state index is -0.189. The van der Waals surface area contributed by atoms with Crippen LogP contribution in [0.15, 0.2) is 42.6 Å².